The number of aromatic nitrogens is 2. The van der Waals surface area contributed by atoms with Gasteiger partial charge < -0.3 is 15.5 Å². The first kappa shape index (κ1) is 22.9. The van der Waals surface area contributed by atoms with Gasteiger partial charge in [0, 0.05) is 56.2 Å². The van der Waals surface area contributed by atoms with Gasteiger partial charge in [0.1, 0.15) is 11.9 Å². The van der Waals surface area contributed by atoms with Gasteiger partial charge in [-0.15, -0.1) is 0 Å². The van der Waals surface area contributed by atoms with Crippen molar-refractivity contribution >= 4 is 23.1 Å². The number of nitrogens with zero attached hydrogens (tertiary/aromatic N) is 4. The summed E-state index contributed by atoms with van der Waals surface area (Å²) < 4.78 is 1.80. The first-order valence-electron chi connectivity index (χ1n) is 11.7. The molecule has 0 bridgehead atoms. The third-order valence-corrected chi connectivity index (χ3v) is 6.04. The summed E-state index contributed by atoms with van der Waals surface area (Å²) in [6, 6.07) is 20.7. The van der Waals surface area contributed by atoms with Gasteiger partial charge in [0.25, 0.3) is 0 Å². The number of benzene rings is 2. The first-order chi connectivity index (χ1) is 16.0. The van der Waals surface area contributed by atoms with E-state index in [1.807, 2.05) is 39.0 Å². The monoisotopic (exact) mass is 446 g/mol. The van der Waals surface area contributed by atoms with Crippen LogP contribution in [0.1, 0.15) is 32.4 Å². The molecule has 3 aromatic rings. The van der Waals surface area contributed by atoms with Gasteiger partial charge in [-0.05, 0) is 50.6 Å². The van der Waals surface area contributed by atoms with Crippen molar-refractivity contribution in [3.05, 3.63) is 72.4 Å². The van der Waals surface area contributed by atoms with Crippen LogP contribution >= 0.6 is 0 Å². The summed E-state index contributed by atoms with van der Waals surface area (Å²) in [6.07, 6.45) is 1.70. The SMILES string of the molecule is CC(Nc1ccc(N2CCN(Cc3ccccc3)CC2)cc1)C(=O)Nc1ccnn1C(C)C. The second-order valence-electron chi connectivity index (χ2n) is 8.91. The molecule has 0 aliphatic carbocycles. The highest BCUT2D eigenvalue weighted by atomic mass is 16.2. The molecule has 1 saturated heterocycles. The fraction of sp³-hybridized carbons (Fsp3) is 0.385. The van der Waals surface area contributed by atoms with Crippen LogP contribution in [0.3, 0.4) is 0 Å². The van der Waals surface area contributed by atoms with E-state index in [0.717, 1.165) is 38.4 Å². The van der Waals surface area contributed by atoms with E-state index in [2.05, 4.69) is 68.0 Å². The van der Waals surface area contributed by atoms with Gasteiger partial charge in [0.15, 0.2) is 0 Å². The maximum atomic E-state index is 12.6. The molecule has 33 heavy (non-hydrogen) atoms. The summed E-state index contributed by atoms with van der Waals surface area (Å²) >= 11 is 0. The van der Waals surface area contributed by atoms with Gasteiger partial charge in [-0.3, -0.25) is 9.69 Å². The van der Waals surface area contributed by atoms with Crippen LogP contribution in [0.15, 0.2) is 66.9 Å². The molecule has 7 heteroatoms. The number of carbonyl (C=O) groups excluding carboxylic acids is 1. The van der Waals surface area contributed by atoms with Crippen molar-refractivity contribution in [2.75, 3.05) is 41.7 Å². The Labute approximate surface area is 196 Å². The van der Waals surface area contributed by atoms with Crippen molar-refractivity contribution in [2.45, 2.75) is 39.4 Å². The molecule has 0 saturated carbocycles. The summed E-state index contributed by atoms with van der Waals surface area (Å²) in [6.45, 7) is 11.1. The minimum atomic E-state index is -0.368. The minimum Gasteiger partial charge on any atom is -0.374 e. The number of hydrogen-bond acceptors (Lipinski definition) is 5. The van der Waals surface area contributed by atoms with Crippen LogP contribution in [0.5, 0.6) is 0 Å². The third kappa shape index (κ3) is 5.93. The Morgan fingerprint density at radius 2 is 1.64 bits per heavy atom. The molecule has 1 unspecified atom stereocenters. The van der Waals surface area contributed by atoms with Crippen molar-refractivity contribution in [2.24, 2.45) is 0 Å². The van der Waals surface area contributed by atoms with E-state index in [-0.39, 0.29) is 18.0 Å². The number of anilines is 3. The maximum absolute atomic E-state index is 12.6. The lowest BCUT2D eigenvalue weighted by atomic mass is 10.2. The van der Waals surface area contributed by atoms with Gasteiger partial charge in [-0.1, -0.05) is 30.3 Å². The molecule has 1 atom stereocenters. The van der Waals surface area contributed by atoms with Crippen LogP contribution in [0.2, 0.25) is 0 Å². The molecule has 174 valence electrons. The molecule has 2 aromatic carbocycles. The fourth-order valence-electron chi connectivity index (χ4n) is 4.15. The average Bonchev–Trinajstić information content (AvgIpc) is 3.29. The molecular formula is C26H34N6O. The van der Waals surface area contributed by atoms with Crippen LogP contribution in [-0.2, 0) is 11.3 Å². The Morgan fingerprint density at radius 1 is 0.939 bits per heavy atom. The van der Waals surface area contributed by atoms with Gasteiger partial charge in [0.05, 0.1) is 6.20 Å². The number of carbonyl (C=O) groups is 1. The maximum Gasteiger partial charge on any atom is 0.247 e. The first-order valence-corrected chi connectivity index (χ1v) is 11.7. The molecule has 1 fully saturated rings. The number of amides is 1. The fourth-order valence-corrected chi connectivity index (χ4v) is 4.15. The van der Waals surface area contributed by atoms with Gasteiger partial charge in [-0.25, -0.2) is 4.68 Å². The predicted octanol–water partition coefficient (Wildman–Crippen LogP) is 4.23. The zero-order valence-electron chi connectivity index (χ0n) is 19.7. The minimum absolute atomic E-state index is 0.0870. The largest absolute Gasteiger partial charge is 0.374 e. The Kier molecular flexibility index (Phi) is 7.29. The van der Waals surface area contributed by atoms with Crippen LogP contribution in [-0.4, -0.2) is 52.8 Å². The average molecular weight is 447 g/mol. The molecule has 1 aliphatic rings. The number of hydrogen-bond donors (Lipinski definition) is 2. The zero-order valence-corrected chi connectivity index (χ0v) is 19.7. The number of piperazine rings is 1. The topological polar surface area (TPSA) is 65.4 Å². The van der Waals surface area contributed by atoms with E-state index in [1.54, 1.807) is 10.9 Å². The summed E-state index contributed by atoms with van der Waals surface area (Å²) in [5, 5.41) is 10.5. The van der Waals surface area contributed by atoms with Crippen molar-refractivity contribution < 1.29 is 4.79 Å². The highest BCUT2D eigenvalue weighted by molar-refractivity contribution is 5.95. The molecule has 0 spiro atoms. The second kappa shape index (κ2) is 10.5. The van der Waals surface area contributed by atoms with Gasteiger partial charge in [0.2, 0.25) is 5.91 Å². The second-order valence-corrected chi connectivity index (χ2v) is 8.91. The van der Waals surface area contributed by atoms with E-state index in [9.17, 15) is 4.79 Å². The van der Waals surface area contributed by atoms with E-state index in [4.69, 9.17) is 0 Å². The van der Waals surface area contributed by atoms with Crippen molar-refractivity contribution in [1.29, 1.82) is 0 Å². The lowest BCUT2D eigenvalue weighted by molar-refractivity contribution is -0.116. The summed E-state index contributed by atoms with van der Waals surface area (Å²) in [5.74, 6) is 0.626. The third-order valence-electron chi connectivity index (χ3n) is 6.04. The van der Waals surface area contributed by atoms with Crippen LogP contribution in [0.25, 0.3) is 0 Å². The Morgan fingerprint density at radius 3 is 2.30 bits per heavy atom. The summed E-state index contributed by atoms with van der Waals surface area (Å²) in [4.78, 5) is 17.6. The summed E-state index contributed by atoms with van der Waals surface area (Å²) in [5.41, 5.74) is 3.52. The lowest BCUT2D eigenvalue weighted by Crippen LogP contribution is -2.45. The van der Waals surface area contributed by atoms with Crippen molar-refractivity contribution in [3.8, 4) is 0 Å². The Hall–Kier alpha value is -3.32. The van der Waals surface area contributed by atoms with E-state index >= 15 is 0 Å². The molecule has 2 heterocycles. The smallest absolute Gasteiger partial charge is 0.247 e. The standard InChI is InChI=1S/C26H34N6O/c1-20(2)32-25(13-14-27-32)29-26(33)21(3)28-23-9-11-24(12-10-23)31-17-15-30(16-18-31)19-22-7-5-4-6-8-22/h4-14,20-21,28H,15-19H2,1-3H3,(H,29,33). The van der Waals surface area contributed by atoms with Crippen molar-refractivity contribution in [3.63, 3.8) is 0 Å². The predicted molar refractivity (Wildman–Crippen MR) is 135 cm³/mol. The Bertz CT molecular complexity index is 1020. The summed E-state index contributed by atoms with van der Waals surface area (Å²) in [7, 11) is 0. The van der Waals surface area contributed by atoms with E-state index < -0.39 is 0 Å². The number of nitrogens with one attached hydrogen (secondary N) is 2. The molecule has 2 N–H and O–H groups in total. The van der Waals surface area contributed by atoms with Crippen LogP contribution < -0.4 is 15.5 Å². The molecule has 1 amide bonds. The van der Waals surface area contributed by atoms with Crippen LogP contribution in [0, 0.1) is 0 Å². The molecule has 1 aromatic heterocycles. The zero-order chi connectivity index (χ0) is 23.2. The lowest BCUT2D eigenvalue weighted by Gasteiger charge is -2.36. The molecule has 7 nitrogen and oxygen atoms in total. The highest BCUT2D eigenvalue weighted by Crippen LogP contribution is 2.21. The van der Waals surface area contributed by atoms with Gasteiger partial charge in [-0.2, -0.15) is 5.10 Å². The quantitative estimate of drug-likeness (QED) is 0.542. The molecule has 1 aliphatic heterocycles. The molecule has 4 rings (SSSR count). The number of rotatable bonds is 8. The molecular weight excluding hydrogens is 412 g/mol. The Balaban J connectivity index is 1.27. The molecule has 0 radical (unpaired) electrons. The van der Waals surface area contributed by atoms with Crippen molar-refractivity contribution in [1.82, 2.24) is 14.7 Å². The van der Waals surface area contributed by atoms with Crippen LogP contribution in [0.4, 0.5) is 17.2 Å². The normalized spacial score (nSPS) is 15.5. The van der Waals surface area contributed by atoms with Gasteiger partial charge >= 0.3 is 0 Å². The van der Waals surface area contributed by atoms with E-state index in [1.165, 1.54) is 11.3 Å². The van der Waals surface area contributed by atoms with E-state index in [0.29, 0.717) is 5.82 Å². The highest BCUT2D eigenvalue weighted by Gasteiger charge is 2.18.